The predicted molar refractivity (Wildman–Crippen MR) is 66.3 cm³/mol. The van der Waals surface area contributed by atoms with Crippen LogP contribution in [0.5, 0.6) is 0 Å². The molecule has 11 heteroatoms. The first-order chi connectivity index (χ1) is 9.18. The normalized spacial score (nSPS) is 21.1. The van der Waals surface area contributed by atoms with E-state index in [-0.39, 0.29) is 11.4 Å². The Morgan fingerprint density at radius 1 is 1.65 bits per heavy atom. The number of aliphatic hydroxyl groups excluding tert-OH is 1. The summed E-state index contributed by atoms with van der Waals surface area (Å²) in [4.78, 5) is 22.0. The van der Waals surface area contributed by atoms with Crippen molar-refractivity contribution in [3.63, 3.8) is 0 Å². The van der Waals surface area contributed by atoms with E-state index in [1.165, 1.54) is 13.8 Å². The van der Waals surface area contributed by atoms with Gasteiger partial charge in [0.2, 0.25) is 0 Å². The van der Waals surface area contributed by atoms with Crippen LogP contribution in [0.25, 0.3) is 0 Å². The number of carbonyl (C=O) groups is 1. The number of amides is 1. The van der Waals surface area contributed by atoms with E-state index in [1.54, 1.807) is 0 Å². The number of nitrogens with two attached hydrogens (primary N) is 2. The Labute approximate surface area is 113 Å². The molecule has 1 unspecified atom stereocenters. The maximum atomic E-state index is 11.9. The topological polar surface area (TPSA) is 180 Å². The van der Waals surface area contributed by atoms with E-state index in [0.29, 0.717) is 5.01 Å². The molecule has 0 saturated carbocycles. The second-order valence-corrected chi connectivity index (χ2v) is 4.61. The first kappa shape index (κ1) is 15.8. The molecule has 0 radical (unpaired) electrons. The van der Waals surface area contributed by atoms with Crippen molar-refractivity contribution in [1.82, 2.24) is 10.3 Å². The Kier molecular flexibility index (Phi) is 4.27. The molecule has 0 spiro atoms. The molecule has 1 rings (SSSR count). The van der Waals surface area contributed by atoms with Gasteiger partial charge in [-0.25, -0.2) is 10.9 Å². The van der Waals surface area contributed by atoms with Crippen molar-refractivity contribution in [2.45, 2.75) is 20.1 Å². The summed E-state index contributed by atoms with van der Waals surface area (Å²) < 4.78 is 0. The molecule has 0 aromatic rings. The maximum absolute atomic E-state index is 11.9. The lowest BCUT2D eigenvalue weighted by Gasteiger charge is -2.36. The Morgan fingerprint density at radius 3 is 2.60 bits per heavy atom. The van der Waals surface area contributed by atoms with Gasteiger partial charge in [-0.1, -0.05) is 5.16 Å². The minimum absolute atomic E-state index is 0.176. The fraction of sp³-hybridized carbons (Fsp3) is 0.556. The lowest BCUT2D eigenvalue weighted by Crippen LogP contribution is -2.64. The zero-order chi connectivity index (χ0) is 15.7. The van der Waals surface area contributed by atoms with Crippen LogP contribution in [0.15, 0.2) is 16.5 Å². The van der Waals surface area contributed by atoms with Crippen LogP contribution in [-0.4, -0.2) is 44.8 Å². The number of hydrogen-bond donors (Lipinski definition) is 5. The zero-order valence-electron chi connectivity index (χ0n) is 10.9. The number of oxime groups is 1. The van der Waals surface area contributed by atoms with Gasteiger partial charge in [-0.05, 0) is 13.8 Å². The lowest BCUT2D eigenvalue weighted by molar-refractivity contribution is -0.423. The third-order valence-corrected chi connectivity index (χ3v) is 3.07. The molecule has 0 aliphatic carbocycles. The van der Waals surface area contributed by atoms with Crippen LogP contribution >= 0.6 is 0 Å². The fourth-order valence-corrected chi connectivity index (χ4v) is 1.79. The maximum Gasteiger partial charge on any atom is 0.354 e. The lowest BCUT2D eigenvalue weighted by atomic mass is 9.82. The first-order valence-corrected chi connectivity index (χ1v) is 5.50. The highest BCUT2D eigenvalue weighted by Crippen LogP contribution is 2.31. The highest BCUT2D eigenvalue weighted by molar-refractivity contribution is 5.97. The number of nitro groups is 1. The van der Waals surface area contributed by atoms with Crippen LogP contribution < -0.4 is 16.9 Å². The van der Waals surface area contributed by atoms with Gasteiger partial charge in [0.25, 0.3) is 0 Å². The number of carbonyl (C=O) groups excluding carboxylic acids is 1. The third-order valence-electron chi connectivity index (χ3n) is 3.07. The van der Waals surface area contributed by atoms with E-state index < -0.39 is 34.8 Å². The highest BCUT2D eigenvalue weighted by atomic mass is 16.6. The van der Waals surface area contributed by atoms with Crippen molar-refractivity contribution in [2.24, 2.45) is 22.1 Å². The van der Waals surface area contributed by atoms with Gasteiger partial charge in [-0.2, -0.15) is 0 Å². The Bertz CT molecular complexity index is 499. The number of nitrogens with one attached hydrogen (secondary N) is 1. The van der Waals surface area contributed by atoms with Gasteiger partial charge in [-0.15, -0.1) is 0 Å². The van der Waals surface area contributed by atoms with E-state index >= 15 is 0 Å². The van der Waals surface area contributed by atoms with Crippen molar-refractivity contribution in [1.29, 1.82) is 0 Å². The summed E-state index contributed by atoms with van der Waals surface area (Å²) in [6.45, 7) is 2.20. The van der Waals surface area contributed by atoms with E-state index in [0.717, 1.165) is 0 Å². The molecule has 1 heterocycles. The summed E-state index contributed by atoms with van der Waals surface area (Å²) in [5.74, 6) is 4.24. The van der Waals surface area contributed by atoms with Crippen molar-refractivity contribution in [3.05, 3.63) is 21.5 Å². The molecule has 0 aromatic carbocycles. The standard InChI is InChI=1S/C9H16N6O5/c1-9(2,4(3-16)13-18)6-5(15(19)20)7(17)14(11)8(10)12-6/h8,12,16,18H,3,10-11H2,1-2H3. The summed E-state index contributed by atoms with van der Waals surface area (Å²) >= 11 is 0. The van der Waals surface area contributed by atoms with Gasteiger partial charge in [0, 0.05) is 0 Å². The van der Waals surface area contributed by atoms with Crippen molar-refractivity contribution in [2.75, 3.05) is 6.61 Å². The van der Waals surface area contributed by atoms with Crippen molar-refractivity contribution < 1.29 is 20.0 Å². The van der Waals surface area contributed by atoms with Gasteiger partial charge < -0.3 is 15.6 Å². The molecule has 1 aliphatic heterocycles. The van der Waals surface area contributed by atoms with E-state index in [2.05, 4.69) is 10.5 Å². The molecule has 20 heavy (non-hydrogen) atoms. The van der Waals surface area contributed by atoms with Gasteiger partial charge >= 0.3 is 11.6 Å². The Balaban J connectivity index is 3.50. The molecule has 1 amide bonds. The van der Waals surface area contributed by atoms with Gasteiger partial charge in [0.05, 0.1) is 22.7 Å². The number of hydrogen-bond acceptors (Lipinski definition) is 9. The van der Waals surface area contributed by atoms with E-state index in [4.69, 9.17) is 21.9 Å². The van der Waals surface area contributed by atoms with Crippen LogP contribution in [0.2, 0.25) is 0 Å². The van der Waals surface area contributed by atoms with Crippen LogP contribution in [0.4, 0.5) is 0 Å². The molecule has 0 fully saturated rings. The second-order valence-electron chi connectivity index (χ2n) is 4.61. The second kappa shape index (κ2) is 5.40. The van der Waals surface area contributed by atoms with Crippen LogP contribution in [0, 0.1) is 15.5 Å². The number of nitrogens with zero attached hydrogens (tertiary/aromatic N) is 3. The minimum Gasteiger partial charge on any atom is -0.411 e. The summed E-state index contributed by atoms with van der Waals surface area (Å²) in [6, 6.07) is 0. The van der Waals surface area contributed by atoms with E-state index in [1.807, 2.05) is 0 Å². The minimum atomic E-state index is -1.32. The summed E-state index contributed by atoms with van der Waals surface area (Å²) in [5.41, 5.74) is 3.04. The molecule has 112 valence electrons. The molecular formula is C9H16N6O5. The smallest absolute Gasteiger partial charge is 0.354 e. The number of allylic oxidation sites excluding steroid dienone is 1. The highest BCUT2D eigenvalue weighted by Gasteiger charge is 2.46. The number of rotatable bonds is 4. The molecule has 11 nitrogen and oxygen atoms in total. The predicted octanol–water partition coefficient (Wildman–Crippen LogP) is -2.13. The third kappa shape index (κ3) is 2.41. The van der Waals surface area contributed by atoms with E-state index in [9.17, 15) is 14.9 Å². The van der Waals surface area contributed by atoms with Crippen LogP contribution in [-0.2, 0) is 4.79 Å². The molecule has 0 bridgehead atoms. The van der Waals surface area contributed by atoms with Gasteiger partial charge in [-0.3, -0.25) is 20.6 Å². The largest absolute Gasteiger partial charge is 0.411 e. The zero-order valence-corrected chi connectivity index (χ0v) is 10.9. The molecule has 0 saturated heterocycles. The van der Waals surface area contributed by atoms with Crippen molar-refractivity contribution >= 4 is 11.6 Å². The Morgan fingerprint density at radius 2 is 2.20 bits per heavy atom. The monoisotopic (exact) mass is 288 g/mol. The van der Waals surface area contributed by atoms with Crippen LogP contribution in [0.3, 0.4) is 0 Å². The van der Waals surface area contributed by atoms with Gasteiger partial charge in [0.1, 0.15) is 5.70 Å². The number of aliphatic hydroxyl groups is 1. The quantitative estimate of drug-likeness (QED) is 0.0970. The van der Waals surface area contributed by atoms with Gasteiger partial charge in [0.15, 0.2) is 6.29 Å². The summed E-state index contributed by atoms with van der Waals surface area (Å²) in [5, 5.41) is 34.9. The molecular weight excluding hydrogens is 272 g/mol. The molecule has 7 N–H and O–H groups in total. The number of hydrazine groups is 1. The summed E-state index contributed by atoms with van der Waals surface area (Å²) in [6.07, 6.45) is -1.18. The fourth-order valence-electron chi connectivity index (χ4n) is 1.79. The Hall–Kier alpha value is -2.24. The molecule has 1 aliphatic rings. The average molecular weight is 288 g/mol. The average Bonchev–Trinajstić information content (AvgIpc) is 2.35. The first-order valence-electron chi connectivity index (χ1n) is 5.50. The molecule has 0 aromatic heterocycles. The summed E-state index contributed by atoms with van der Waals surface area (Å²) in [7, 11) is 0. The van der Waals surface area contributed by atoms with Crippen molar-refractivity contribution in [3.8, 4) is 0 Å². The SMILES string of the molecule is CC(C)(C(CO)=NO)C1=C([N+](=O)[O-])C(=O)N(N)C(N)N1. The molecule has 1 atom stereocenters. The van der Waals surface area contributed by atoms with Crippen LogP contribution in [0.1, 0.15) is 13.8 Å².